The predicted octanol–water partition coefficient (Wildman–Crippen LogP) is 3.29. The molecular formula is C20H24N2O4S. The fourth-order valence-corrected chi connectivity index (χ4v) is 4.70. The number of nitrogens with zero attached hydrogens (tertiary/aromatic N) is 2. The molecule has 1 aromatic heterocycles. The molecule has 0 aliphatic heterocycles. The molecule has 3 rings (SSSR count). The number of allylic oxidation sites excluding steroid dienone is 2. The number of rotatable bonds is 4. The first-order valence-electron chi connectivity index (χ1n) is 8.86. The number of carbonyl (C=O) groups is 1. The fraction of sp³-hybridized carbons (Fsp3) is 0.400. The van der Waals surface area contributed by atoms with Gasteiger partial charge in [-0.25, -0.2) is 17.4 Å². The molecule has 1 aromatic carbocycles. The highest BCUT2D eigenvalue weighted by atomic mass is 32.2. The Bertz CT molecular complexity index is 974. The van der Waals surface area contributed by atoms with Crippen LogP contribution in [0.5, 0.6) is 0 Å². The van der Waals surface area contributed by atoms with Gasteiger partial charge in [-0.3, -0.25) is 4.79 Å². The average molecular weight is 388 g/mol. The summed E-state index contributed by atoms with van der Waals surface area (Å²) in [6, 6.07) is 6.68. The SMILES string of the molecule is COC(=O)[C@@H]1C(C)C(C)=CC[C@H]1c1cn(S(=O)(=O)c2ccc(C)cc2)cn1. The number of hydrogen-bond acceptors (Lipinski definition) is 5. The van der Waals surface area contributed by atoms with E-state index in [1.165, 1.54) is 19.6 Å². The zero-order chi connectivity index (χ0) is 19.8. The normalized spacial score (nSPS) is 23.0. The van der Waals surface area contributed by atoms with E-state index in [1.807, 2.05) is 20.8 Å². The molecule has 0 fully saturated rings. The number of ether oxygens (including phenoxy) is 1. The van der Waals surface area contributed by atoms with E-state index < -0.39 is 10.0 Å². The highest BCUT2D eigenvalue weighted by Gasteiger charge is 2.39. The Hall–Kier alpha value is -2.41. The monoisotopic (exact) mass is 388 g/mol. The molecule has 0 saturated carbocycles. The summed E-state index contributed by atoms with van der Waals surface area (Å²) in [5.74, 6) is -0.887. The molecule has 0 spiro atoms. The van der Waals surface area contributed by atoms with Gasteiger partial charge >= 0.3 is 5.97 Å². The summed E-state index contributed by atoms with van der Waals surface area (Å²) in [5, 5.41) is 0. The maximum Gasteiger partial charge on any atom is 0.309 e. The molecule has 0 radical (unpaired) electrons. The molecule has 27 heavy (non-hydrogen) atoms. The summed E-state index contributed by atoms with van der Waals surface area (Å²) in [7, 11) is -2.34. The van der Waals surface area contributed by atoms with Crippen molar-refractivity contribution in [2.75, 3.05) is 7.11 Å². The van der Waals surface area contributed by atoms with Gasteiger partial charge in [0.1, 0.15) is 6.33 Å². The second-order valence-electron chi connectivity index (χ2n) is 7.07. The lowest BCUT2D eigenvalue weighted by atomic mass is 9.72. The lowest BCUT2D eigenvalue weighted by Gasteiger charge is -2.33. The number of carbonyl (C=O) groups excluding carboxylic acids is 1. The molecule has 0 saturated heterocycles. The van der Waals surface area contributed by atoms with Gasteiger partial charge in [-0.15, -0.1) is 0 Å². The van der Waals surface area contributed by atoms with E-state index in [-0.39, 0.29) is 28.6 Å². The quantitative estimate of drug-likeness (QED) is 0.593. The first kappa shape index (κ1) is 19.4. The van der Waals surface area contributed by atoms with Gasteiger partial charge < -0.3 is 4.74 Å². The van der Waals surface area contributed by atoms with Gasteiger partial charge in [0.05, 0.1) is 23.6 Å². The van der Waals surface area contributed by atoms with Gasteiger partial charge in [0.2, 0.25) is 0 Å². The van der Waals surface area contributed by atoms with Crippen LogP contribution in [0.2, 0.25) is 0 Å². The fourth-order valence-electron chi connectivity index (χ4n) is 3.56. The zero-order valence-corrected chi connectivity index (χ0v) is 16.7. The molecule has 6 nitrogen and oxygen atoms in total. The van der Waals surface area contributed by atoms with Gasteiger partial charge in [-0.05, 0) is 38.3 Å². The lowest BCUT2D eigenvalue weighted by molar-refractivity contribution is -0.148. The summed E-state index contributed by atoms with van der Waals surface area (Å²) in [6.45, 7) is 5.88. The highest BCUT2D eigenvalue weighted by molar-refractivity contribution is 7.90. The number of benzene rings is 1. The third kappa shape index (κ3) is 3.56. The summed E-state index contributed by atoms with van der Waals surface area (Å²) in [4.78, 5) is 16.9. The van der Waals surface area contributed by atoms with Crippen molar-refractivity contribution in [2.45, 2.75) is 38.0 Å². The Labute approximate surface area is 159 Å². The Balaban J connectivity index is 1.97. The number of aryl methyl sites for hydroxylation is 1. The third-order valence-electron chi connectivity index (χ3n) is 5.41. The lowest BCUT2D eigenvalue weighted by Crippen LogP contribution is -2.32. The number of imidazole rings is 1. The van der Waals surface area contributed by atoms with E-state index >= 15 is 0 Å². The highest BCUT2D eigenvalue weighted by Crippen LogP contribution is 2.41. The van der Waals surface area contributed by atoms with Crippen molar-refractivity contribution in [2.24, 2.45) is 11.8 Å². The van der Waals surface area contributed by atoms with Crippen molar-refractivity contribution in [1.82, 2.24) is 8.96 Å². The third-order valence-corrected chi connectivity index (χ3v) is 7.04. The molecule has 0 N–H and O–H groups in total. The molecule has 2 aromatic rings. The topological polar surface area (TPSA) is 78.3 Å². The van der Waals surface area contributed by atoms with Crippen LogP contribution in [0.25, 0.3) is 0 Å². The van der Waals surface area contributed by atoms with Crippen molar-refractivity contribution in [3.63, 3.8) is 0 Å². The van der Waals surface area contributed by atoms with Gasteiger partial charge in [0.15, 0.2) is 0 Å². The van der Waals surface area contributed by atoms with Gasteiger partial charge in [-0.1, -0.05) is 36.3 Å². The van der Waals surface area contributed by atoms with Crippen molar-refractivity contribution >= 4 is 16.0 Å². The molecule has 1 unspecified atom stereocenters. The van der Waals surface area contributed by atoms with Gasteiger partial charge in [0, 0.05) is 12.1 Å². The number of hydrogen-bond donors (Lipinski definition) is 0. The van der Waals surface area contributed by atoms with E-state index in [0.717, 1.165) is 15.1 Å². The molecule has 1 aliphatic carbocycles. The van der Waals surface area contributed by atoms with Crippen molar-refractivity contribution in [3.05, 3.63) is 59.7 Å². The largest absolute Gasteiger partial charge is 0.469 e. The minimum absolute atomic E-state index is 0.00931. The minimum Gasteiger partial charge on any atom is -0.469 e. The Morgan fingerprint density at radius 1 is 1.22 bits per heavy atom. The molecule has 0 bridgehead atoms. The molecule has 1 heterocycles. The maximum absolute atomic E-state index is 12.8. The number of aromatic nitrogens is 2. The van der Waals surface area contributed by atoms with E-state index in [0.29, 0.717) is 12.1 Å². The van der Waals surface area contributed by atoms with Gasteiger partial charge in [0.25, 0.3) is 10.0 Å². The molecule has 3 atom stereocenters. The zero-order valence-electron chi connectivity index (χ0n) is 15.9. The van der Waals surface area contributed by atoms with Crippen LogP contribution in [0, 0.1) is 18.8 Å². The van der Waals surface area contributed by atoms with Crippen LogP contribution in [0.3, 0.4) is 0 Å². The van der Waals surface area contributed by atoms with Crippen molar-refractivity contribution in [1.29, 1.82) is 0 Å². The van der Waals surface area contributed by atoms with E-state index in [9.17, 15) is 13.2 Å². The van der Waals surface area contributed by atoms with Crippen LogP contribution >= 0.6 is 0 Å². The Kier molecular flexibility index (Phi) is 5.24. The van der Waals surface area contributed by atoms with Crippen LogP contribution in [-0.4, -0.2) is 30.5 Å². The Morgan fingerprint density at radius 2 is 1.89 bits per heavy atom. The maximum atomic E-state index is 12.8. The van der Waals surface area contributed by atoms with Gasteiger partial charge in [-0.2, -0.15) is 0 Å². The van der Waals surface area contributed by atoms with Crippen molar-refractivity contribution < 1.29 is 17.9 Å². The van der Waals surface area contributed by atoms with E-state index in [4.69, 9.17) is 4.74 Å². The number of esters is 1. The van der Waals surface area contributed by atoms with Crippen LogP contribution in [0.15, 0.2) is 53.3 Å². The van der Waals surface area contributed by atoms with Crippen LogP contribution < -0.4 is 0 Å². The van der Waals surface area contributed by atoms with Crippen LogP contribution in [0.1, 0.15) is 37.4 Å². The second kappa shape index (κ2) is 7.31. The first-order valence-corrected chi connectivity index (χ1v) is 10.3. The molecule has 7 heteroatoms. The summed E-state index contributed by atoms with van der Waals surface area (Å²) >= 11 is 0. The molecule has 0 amide bonds. The van der Waals surface area contributed by atoms with E-state index in [1.54, 1.807) is 24.3 Å². The van der Waals surface area contributed by atoms with Crippen molar-refractivity contribution in [3.8, 4) is 0 Å². The average Bonchev–Trinajstić information content (AvgIpc) is 3.14. The standard InChI is InChI=1S/C20H24N2O4S/c1-13-5-8-16(9-6-13)27(24,25)22-11-18(21-12-22)17-10-7-14(2)15(3)19(17)20(23)26-4/h5-9,11-12,15,17,19H,10H2,1-4H3/t15?,17-,19+/m0/s1. The Morgan fingerprint density at radius 3 is 2.52 bits per heavy atom. The molecular weight excluding hydrogens is 364 g/mol. The number of methoxy groups -OCH3 is 1. The smallest absolute Gasteiger partial charge is 0.309 e. The van der Waals surface area contributed by atoms with Crippen LogP contribution in [-0.2, 0) is 19.6 Å². The van der Waals surface area contributed by atoms with Crippen LogP contribution in [0.4, 0.5) is 0 Å². The molecule has 144 valence electrons. The minimum atomic E-state index is -3.72. The first-order chi connectivity index (χ1) is 12.8. The molecule has 1 aliphatic rings. The summed E-state index contributed by atoms with van der Waals surface area (Å²) in [5.41, 5.74) is 2.70. The summed E-state index contributed by atoms with van der Waals surface area (Å²) < 4.78 is 31.8. The van der Waals surface area contributed by atoms with E-state index in [2.05, 4.69) is 11.1 Å². The second-order valence-corrected chi connectivity index (χ2v) is 8.92. The summed E-state index contributed by atoms with van der Waals surface area (Å²) in [6.07, 6.45) is 5.52. The predicted molar refractivity (Wildman–Crippen MR) is 102 cm³/mol.